The Morgan fingerprint density at radius 1 is 1.36 bits per heavy atom. The molecule has 0 spiro atoms. The second-order valence-corrected chi connectivity index (χ2v) is 7.59. The highest BCUT2D eigenvalue weighted by atomic mass is 32.2. The van der Waals surface area contributed by atoms with E-state index in [2.05, 4.69) is 11.8 Å². The lowest BCUT2D eigenvalue weighted by atomic mass is 10.1. The Balaban J connectivity index is 2.28. The van der Waals surface area contributed by atoms with Gasteiger partial charge in [0.25, 0.3) is 0 Å². The lowest BCUT2D eigenvalue weighted by molar-refractivity contribution is -0.155. The van der Waals surface area contributed by atoms with Crippen molar-refractivity contribution in [3.63, 3.8) is 0 Å². The Labute approximate surface area is 147 Å². The molecule has 0 unspecified atom stereocenters. The molecule has 1 aromatic rings. The smallest absolute Gasteiger partial charge is 0.324 e. The van der Waals surface area contributed by atoms with Crippen molar-refractivity contribution in [2.24, 2.45) is 0 Å². The summed E-state index contributed by atoms with van der Waals surface area (Å²) in [4.78, 5) is 11.5. The summed E-state index contributed by atoms with van der Waals surface area (Å²) in [5, 5.41) is 9.42. The summed E-state index contributed by atoms with van der Waals surface area (Å²) in [6, 6.07) is 4.57. The minimum atomic E-state index is -3.98. The van der Waals surface area contributed by atoms with Gasteiger partial charge >= 0.3 is 5.97 Å². The lowest BCUT2D eigenvalue weighted by Gasteiger charge is -2.39. The summed E-state index contributed by atoms with van der Waals surface area (Å²) >= 11 is 0. The molecule has 0 aromatic heterocycles. The average molecular weight is 367 g/mol. The van der Waals surface area contributed by atoms with E-state index < -0.39 is 34.2 Å². The minimum Gasteiger partial charge on any atom is -0.481 e. The molecule has 0 amide bonds. The predicted molar refractivity (Wildman–Crippen MR) is 90.7 cm³/mol. The van der Waals surface area contributed by atoms with Gasteiger partial charge in [-0.25, -0.2) is 8.42 Å². The number of morpholine rings is 1. The van der Waals surface area contributed by atoms with Crippen LogP contribution in [-0.2, 0) is 19.6 Å². The van der Waals surface area contributed by atoms with Crippen molar-refractivity contribution >= 4 is 16.0 Å². The summed E-state index contributed by atoms with van der Waals surface area (Å²) < 4.78 is 37.6. The Morgan fingerprint density at radius 2 is 2.00 bits per heavy atom. The number of benzene rings is 1. The van der Waals surface area contributed by atoms with Crippen molar-refractivity contribution in [3.8, 4) is 17.6 Å². The number of nitrogens with zero attached hydrogens (tertiary/aromatic N) is 1. The number of ether oxygens (including phenoxy) is 2. The van der Waals surface area contributed by atoms with Gasteiger partial charge in [-0.05, 0) is 45.0 Å². The summed E-state index contributed by atoms with van der Waals surface area (Å²) in [7, 11) is -3.98. The van der Waals surface area contributed by atoms with Crippen molar-refractivity contribution < 1.29 is 27.8 Å². The summed E-state index contributed by atoms with van der Waals surface area (Å²) in [5.74, 6) is 4.69. The van der Waals surface area contributed by atoms with E-state index in [9.17, 15) is 18.3 Å². The highest BCUT2D eigenvalue weighted by molar-refractivity contribution is 7.89. The van der Waals surface area contributed by atoms with Crippen LogP contribution < -0.4 is 4.74 Å². The van der Waals surface area contributed by atoms with Gasteiger partial charge in [-0.1, -0.05) is 5.92 Å². The van der Waals surface area contributed by atoms with E-state index >= 15 is 0 Å². The quantitative estimate of drug-likeness (QED) is 0.790. The normalized spacial score (nSPS) is 24.2. The van der Waals surface area contributed by atoms with Crippen LogP contribution in [0.15, 0.2) is 29.2 Å². The molecule has 8 heteroatoms. The summed E-state index contributed by atoms with van der Waals surface area (Å²) in [6.07, 6.45) is -1.14. The van der Waals surface area contributed by atoms with Gasteiger partial charge in [0.05, 0.1) is 17.1 Å². The molecule has 0 saturated carbocycles. The maximum Gasteiger partial charge on any atom is 0.324 e. The molecule has 2 rings (SSSR count). The zero-order chi connectivity index (χ0) is 18.6. The fourth-order valence-electron chi connectivity index (χ4n) is 2.69. The first-order valence-corrected chi connectivity index (χ1v) is 9.24. The minimum absolute atomic E-state index is 0.00831. The Morgan fingerprint density at radius 3 is 2.56 bits per heavy atom. The van der Waals surface area contributed by atoms with Crippen molar-refractivity contribution in [2.75, 3.05) is 13.2 Å². The molecule has 0 radical (unpaired) electrons. The summed E-state index contributed by atoms with van der Waals surface area (Å²) in [6.45, 7) is 5.16. The monoisotopic (exact) mass is 367 g/mol. The second-order valence-electron chi connectivity index (χ2n) is 5.70. The Hall–Kier alpha value is -2.08. The third-order valence-electron chi connectivity index (χ3n) is 3.81. The molecule has 7 nitrogen and oxygen atoms in total. The van der Waals surface area contributed by atoms with Gasteiger partial charge in [-0.2, -0.15) is 4.31 Å². The van der Waals surface area contributed by atoms with E-state index in [1.165, 1.54) is 24.3 Å². The third-order valence-corrected chi connectivity index (χ3v) is 5.67. The van der Waals surface area contributed by atoms with E-state index in [1.54, 1.807) is 20.8 Å². The van der Waals surface area contributed by atoms with Crippen LogP contribution in [0.25, 0.3) is 0 Å². The zero-order valence-electron chi connectivity index (χ0n) is 14.3. The van der Waals surface area contributed by atoms with Crippen LogP contribution in [0.4, 0.5) is 0 Å². The molecule has 1 aliphatic heterocycles. The maximum absolute atomic E-state index is 12.9. The number of carboxylic acid groups (broad SMARTS) is 1. The number of carboxylic acids is 1. The Kier molecular flexibility index (Phi) is 6.06. The molecule has 0 aliphatic carbocycles. The number of hydrogen-bond donors (Lipinski definition) is 1. The number of sulfonamides is 1. The molecule has 0 bridgehead atoms. The number of carbonyl (C=O) groups is 1. The van der Waals surface area contributed by atoms with Crippen LogP contribution in [0, 0.1) is 11.8 Å². The lowest BCUT2D eigenvalue weighted by Crippen LogP contribution is -2.58. The van der Waals surface area contributed by atoms with E-state index in [1.807, 2.05) is 0 Å². The second kappa shape index (κ2) is 7.87. The van der Waals surface area contributed by atoms with Crippen LogP contribution in [0.1, 0.15) is 20.8 Å². The largest absolute Gasteiger partial charge is 0.481 e. The zero-order valence-corrected chi connectivity index (χ0v) is 15.1. The topological polar surface area (TPSA) is 93.1 Å². The average Bonchev–Trinajstić information content (AvgIpc) is 2.54. The van der Waals surface area contributed by atoms with Crippen LogP contribution in [-0.4, -0.2) is 55.2 Å². The predicted octanol–water partition coefficient (Wildman–Crippen LogP) is 1.34. The van der Waals surface area contributed by atoms with Gasteiger partial charge in [0, 0.05) is 6.54 Å². The standard InChI is InChI=1S/C17H21NO6S/c1-4-5-10-23-14-6-8-15(9-7-14)25(21,22)18-11-12(2)24-13(3)16(18)17(19)20/h6-9,12-13,16H,10-11H2,1-3H3,(H,19,20)/t12-,13-,16+/m0/s1. The molecule has 3 atom stereocenters. The summed E-state index contributed by atoms with van der Waals surface area (Å²) in [5.41, 5.74) is 0. The van der Waals surface area contributed by atoms with E-state index in [0.29, 0.717) is 5.75 Å². The molecule has 1 fully saturated rings. The van der Waals surface area contributed by atoms with E-state index in [-0.39, 0.29) is 18.0 Å². The number of rotatable bonds is 5. The number of hydrogen-bond acceptors (Lipinski definition) is 5. The fourth-order valence-corrected chi connectivity index (χ4v) is 4.41. The molecule has 1 saturated heterocycles. The van der Waals surface area contributed by atoms with E-state index in [4.69, 9.17) is 9.47 Å². The van der Waals surface area contributed by atoms with Crippen LogP contribution in [0.5, 0.6) is 5.75 Å². The first kappa shape index (κ1) is 19.2. The van der Waals surface area contributed by atoms with Crippen LogP contribution >= 0.6 is 0 Å². The maximum atomic E-state index is 12.9. The van der Waals surface area contributed by atoms with Crippen LogP contribution in [0.3, 0.4) is 0 Å². The molecular weight excluding hydrogens is 346 g/mol. The highest BCUT2D eigenvalue weighted by Gasteiger charge is 2.44. The molecule has 25 heavy (non-hydrogen) atoms. The van der Waals surface area contributed by atoms with E-state index in [0.717, 1.165) is 4.31 Å². The van der Waals surface area contributed by atoms with Gasteiger partial charge in [-0.3, -0.25) is 4.79 Å². The third kappa shape index (κ3) is 4.31. The Bertz CT molecular complexity index is 778. The van der Waals surface area contributed by atoms with Gasteiger partial charge in [0.15, 0.2) is 0 Å². The highest BCUT2D eigenvalue weighted by Crippen LogP contribution is 2.27. The molecule has 136 valence electrons. The molecule has 1 heterocycles. The molecular formula is C17H21NO6S. The van der Waals surface area contributed by atoms with Gasteiger partial charge < -0.3 is 14.6 Å². The molecule has 1 aromatic carbocycles. The van der Waals surface area contributed by atoms with Crippen molar-refractivity contribution in [3.05, 3.63) is 24.3 Å². The van der Waals surface area contributed by atoms with Gasteiger partial charge in [0.1, 0.15) is 18.4 Å². The van der Waals surface area contributed by atoms with Crippen LogP contribution in [0.2, 0.25) is 0 Å². The first-order chi connectivity index (χ1) is 11.8. The van der Waals surface area contributed by atoms with Gasteiger partial charge in [0.2, 0.25) is 10.0 Å². The molecule has 1 N–H and O–H groups in total. The fraction of sp³-hybridized carbons (Fsp3) is 0.471. The van der Waals surface area contributed by atoms with Crippen molar-refractivity contribution in [1.29, 1.82) is 0 Å². The van der Waals surface area contributed by atoms with Crippen molar-refractivity contribution in [1.82, 2.24) is 4.31 Å². The SMILES string of the molecule is CC#CCOc1ccc(S(=O)(=O)N2C[C@H](C)O[C@@H](C)[C@@H]2C(=O)O)cc1. The molecule has 1 aliphatic rings. The van der Waals surface area contributed by atoms with Crippen molar-refractivity contribution in [2.45, 2.75) is 43.9 Å². The number of aliphatic carboxylic acids is 1. The first-order valence-electron chi connectivity index (χ1n) is 7.80. The van der Waals surface area contributed by atoms with Gasteiger partial charge in [-0.15, -0.1) is 5.92 Å².